The largest absolute Gasteiger partial charge is 0.488 e. The van der Waals surface area contributed by atoms with E-state index in [1.807, 2.05) is 24.3 Å². The van der Waals surface area contributed by atoms with E-state index in [-0.39, 0.29) is 44.9 Å². The zero-order valence-corrected chi connectivity index (χ0v) is 32.4. The topological polar surface area (TPSA) is 149 Å². The van der Waals surface area contributed by atoms with E-state index in [0.29, 0.717) is 39.8 Å². The standard InChI is InChI=1S/C42H52ClN5O6/c1-30(51)47-35-13-16-48(25-35)15-9-17-54-42(14-8-12-36(40(42,2)3)33-10-6-5-7-11-33)29-53-39-20-38(52-26-32-18-31(21-44)22-45-23-32)34(19-37(39)43)24-46-41(4,27-49)28-50/h5-8,10-12,14,18-20,22-23,35,46,49-50H,9,13,15-17,24-29H2,1-4H3,(H,47,51)/t35-,42?/m1/s1. The molecule has 0 radical (unpaired) electrons. The predicted octanol–water partition coefficient (Wildman–Crippen LogP) is 5.43. The Kier molecular flexibility index (Phi) is 13.9. The van der Waals surface area contributed by atoms with Gasteiger partial charge in [0.05, 0.1) is 29.3 Å². The molecule has 2 aliphatic rings. The van der Waals surface area contributed by atoms with Crippen molar-refractivity contribution in [2.45, 2.75) is 70.9 Å². The Balaban J connectivity index is 1.39. The van der Waals surface area contributed by atoms with E-state index in [1.54, 1.807) is 38.2 Å². The summed E-state index contributed by atoms with van der Waals surface area (Å²) in [5.74, 6) is 0.874. The van der Waals surface area contributed by atoms with E-state index in [1.165, 1.54) is 6.20 Å². The molecule has 5 rings (SSSR count). The van der Waals surface area contributed by atoms with E-state index in [0.717, 1.165) is 43.6 Å². The van der Waals surface area contributed by atoms with Crippen molar-refractivity contribution in [2.75, 3.05) is 46.1 Å². The third kappa shape index (κ3) is 10.1. The third-order valence-corrected chi connectivity index (χ3v) is 10.7. The van der Waals surface area contributed by atoms with Crippen molar-refractivity contribution >= 4 is 23.1 Å². The monoisotopic (exact) mass is 757 g/mol. The highest BCUT2D eigenvalue weighted by atomic mass is 35.5. The Morgan fingerprint density at radius 1 is 1.13 bits per heavy atom. The highest BCUT2D eigenvalue weighted by molar-refractivity contribution is 6.32. The molecule has 0 spiro atoms. The molecular weight excluding hydrogens is 706 g/mol. The van der Waals surface area contributed by atoms with Gasteiger partial charge in [0, 0.05) is 80.8 Å². The maximum atomic E-state index is 11.6. The fraction of sp³-hybridized carbons (Fsp3) is 0.452. The summed E-state index contributed by atoms with van der Waals surface area (Å²) in [5.41, 5.74) is 1.69. The van der Waals surface area contributed by atoms with Crippen LogP contribution in [0.15, 0.2) is 79.2 Å². The number of hydrogen-bond donors (Lipinski definition) is 4. The smallest absolute Gasteiger partial charge is 0.217 e. The van der Waals surface area contributed by atoms with Gasteiger partial charge in [-0.15, -0.1) is 0 Å². The first kappa shape index (κ1) is 40.9. The molecule has 1 saturated heterocycles. The molecule has 54 heavy (non-hydrogen) atoms. The minimum atomic E-state index is -0.932. The number of nitrogens with one attached hydrogen (secondary N) is 2. The number of nitriles is 1. The molecule has 2 heterocycles. The number of benzene rings is 2. The maximum absolute atomic E-state index is 11.6. The van der Waals surface area contributed by atoms with Crippen LogP contribution < -0.4 is 20.1 Å². The van der Waals surface area contributed by atoms with Crippen LogP contribution in [-0.4, -0.2) is 89.2 Å². The van der Waals surface area contributed by atoms with Gasteiger partial charge in [-0.1, -0.05) is 67.9 Å². The minimum absolute atomic E-state index is 0.000113. The van der Waals surface area contributed by atoms with Crippen LogP contribution in [0.1, 0.15) is 62.8 Å². The van der Waals surface area contributed by atoms with Crippen molar-refractivity contribution in [2.24, 2.45) is 5.41 Å². The highest BCUT2D eigenvalue weighted by Crippen LogP contribution is 2.49. The molecule has 1 fully saturated rings. The van der Waals surface area contributed by atoms with Crippen LogP contribution >= 0.6 is 11.6 Å². The summed E-state index contributed by atoms with van der Waals surface area (Å²) >= 11 is 6.92. The number of hydrogen-bond acceptors (Lipinski definition) is 10. The van der Waals surface area contributed by atoms with Gasteiger partial charge < -0.3 is 40.0 Å². The molecule has 1 aromatic heterocycles. The number of carbonyl (C=O) groups excluding carboxylic acids is 1. The van der Waals surface area contributed by atoms with Gasteiger partial charge in [0.1, 0.15) is 36.4 Å². The van der Waals surface area contributed by atoms with Gasteiger partial charge in [0.2, 0.25) is 5.91 Å². The molecule has 1 unspecified atom stereocenters. The molecule has 3 aromatic rings. The van der Waals surface area contributed by atoms with Crippen molar-refractivity contribution < 1.29 is 29.2 Å². The zero-order chi connectivity index (χ0) is 38.8. The Labute approximate surface area is 323 Å². The first-order valence-electron chi connectivity index (χ1n) is 18.4. The summed E-state index contributed by atoms with van der Waals surface area (Å²) in [4.78, 5) is 18.1. The Morgan fingerprint density at radius 2 is 1.91 bits per heavy atom. The van der Waals surface area contributed by atoms with Crippen molar-refractivity contribution in [3.8, 4) is 17.6 Å². The average molecular weight is 758 g/mol. The molecule has 288 valence electrons. The summed E-state index contributed by atoms with van der Waals surface area (Å²) in [6, 6.07) is 17.8. The lowest BCUT2D eigenvalue weighted by molar-refractivity contribution is -0.119. The summed E-state index contributed by atoms with van der Waals surface area (Å²) < 4.78 is 19.9. The molecule has 4 N–H and O–H groups in total. The molecule has 11 nitrogen and oxygen atoms in total. The maximum Gasteiger partial charge on any atom is 0.217 e. The Bertz CT molecular complexity index is 1840. The fourth-order valence-corrected chi connectivity index (χ4v) is 7.15. The second-order valence-electron chi connectivity index (χ2n) is 14.9. The lowest BCUT2D eigenvalue weighted by Gasteiger charge is -2.47. The zero-order valence-electron chi connectivity index (χ0n) is 31.6. The van der Waals surface area contributed by atoms with Crippen LogP contribution in [0.3, 0.4) is 0 Å². The second-order valence-corrected chi connectivity index (χ2v) is 15.3. The number of aromatic nitrogens is 1. The highest BCUT2D eigenvalue weighted by Gasteiger charge is 2.49. The normalized spacial score (nSPS) is 19.6. The number of pyridine rings is 1. The van der Waals surface area contributed by atoms with Crippen LogP contribution in [0.2, 0.25) is 5.02 Å². The molecule has 2 aromatic carbocycles. The first-order chi connectivity index (χ1) is 25.9. The molecular formula is C42H52ClN5O6. The first-order valence-corrected chi connectivity index (χ1v) is 18.8. The number of allylic oxidation sites excluding steroid dienone is 2. The number of aliphatic hydroxyl groups is 2. The van der Waals surface area contributed by atoms with Crippen LogP contribution in [-0.2, 0) is 22.7 Å². The average Bonchev–Trinajstić information content (AvgIpc) is 3.62. The van der Waals surface area contributed by atoms with Gasteiger partial charge in [0.15, 0.2) is 0 Å². The lowest BCUT2D eigenvalue weighted by atomic mass is 9.65. The van der Waals surface area contributed by atoms with Gasteiger partial charge >= 0.3 is 0 Å². The summed E-state index contributed by atoms with van der Waals surface area (Å²) in [7, 11) is 0. The molecule has 0 bridgehead atoms. The number of ether oxygens (including phenoxy) is 3. The van der Waals surface area contributed by atoms with Gasteiger partial charge in [-0.3, -0.25) is 9.78 Å². The molecule has 1 amide bonds. The quantitative estimate of drug-likeness (QED) is 0.124. The number of halogens is 1. The number of rotatable bonds is 18. The van der Waals surface area contributed by atoms with Crippen molar-refractivity contribution in [1.29, 1.82) is 5.26 Å². The summed E-state index contributed by atoms with van der Waals surface area (Å²) in [6.45, 7) is 10.7. The minimum Gasteiger partial charge on any atom is -0.488 e. The van der Waals surface area contributed by atoms with E-state index < -0.39 is 16.6 Å². The Hall–Kier alpha value is -4.28. The van der Waals surface area contributed by atoms with Gasteiger partial charge in [-0.05, 0) is 49.1 Å². The second kappa shape index (κ2) is 18.4. The molecule has 0 saturated carbocycles. The lowest BCUT2D eigenvalue weighted by Crippen LogP contribution is -2.52. The van der Waals surface area contributed by atoms with E-state index in [2.05, 4.69) is 64.7 Å². The number of nitrogens with zero attached hydrogens (tertiary/aromatic N) is 3. The van der Waals surface area contributed by atoms with E-state index >= 15 is 0 Å². The molecule has 2 atom stereocenters. The number of amides is 1. The Morgan fingerprint density at radius 3 is 2.63 bits per heavy atom. The number of likely N-dealkylation sites (tertiary alicyclic amines) is 1. The predicted molar refractivity (Wildman–Crippen MR) is 209 cm³/mol. The number of aliphatic hydroxyl groups excluding tert-OH is 2. The van der Waals surface area contributed by atoms with Crippen LogP contribution in [0.5, 0.6) is 11.5 Å². The molecule has 12 heteroatoms. The van der Waals surface area contributed by atoms with Gasteiger partial charge in [-0.25, -0.2) is 0 Å². The molecule has 1 aliphatic heterocycles. The number of carbonyl (C=O) groups is 1. The summed E-state index contributed by atoms with van der Waals surface area (Å²) in [6.07, 6.45) is 11.1. The van der Waals surface area contributed by atoms with Crippen molar-refractivity contribution in [3.05, 3.63) is 106 Å². The van der Waals surface area contributed by atoms with E-state index in [4.69, 9.17) is 25.8 Å². The van der Waals surface area contributed by atoms with E-state index in [9.17, 15) is 20.3 Å². The van der Waals surface area contributed by atoms with Crippen LogP contribution in [0.4, 0.5) is 0 Å². The van der Waals surface area contributed by atoms with Gasteiger partial charge in [0.25, 0.3) is 0 Å². The molecule has 1 aliphatic carbocycles. The summed E-state index contributed by atoms with van der Waals surface area (Å²) in [5, 5.41) is 35.7. The van der Waals surface area contributed by atoms with Crippen LogP contribution in [0.25, 0.3) is 5.57 Å². The SMILES string of the molecule is CC(=O)N[C@@H]1CCN(CCCOC2(COc3cc(OCc4cncc(C#N)c4)c(CNC(C)(CO)CO)cc3Cl)C=CC=C(c3ccccc3)C2(C)C)C1. The van der Waals surface area contributed by atoms with Crippen molar-refractivity contribution in [3.63, 3.8) is 0 Å². The fourth-order valence-electron chi connectivity index (χ4n) is 6.90. The van der Waals surface area contributed by atoms with Crippen molar-refractivity contribution in [1.82, 2.24) is 20.5 Å². The third-order valence-electron chi connectivity index (χ3n) is 10.4. The van der Waals surface area contributed by atoms with Gasteiger partial charge in [-0.2, -0.15) is 5.26 Å². The van der Waals surface area contributed by atoms with Crippen LogP contribution in [0, 0.1) is 16.7 Å².